The van der Waals surface area contributed by atoms with Gasteiger partial charge in [0, 0.05) is 26.1 Å². The monoisotopic (exact) mass is 358 g/mol. The summed E-state index contributed by atoms with van der Waals surface area (Å²) in [7, 11) is -2.56. The Morgan fingerprint density at radius 2 is 1.67 bits per heavy atom. The fraction of sp³-hybridized carbons (Fsp3) is 0.467. The molecule has 0 unspecified atom stereocenters. The normalized spacial score (nSPS) is 20.1. The van der Waals surface area contributed by atoms with E-state index in [1.807, 2.05) is 0 Å². The average Bonchev–Trinajstić information content (AvgIpc) is 2.79. The number of fused-ring (bicyclic) bond motifs is 1. The molecule has 0 aromatic heterocycles. The number of hydrogen-bond acceptors (Lipinski definition) is 4. The Balaban J connectivity index is 1.87. The van der Waals surface area contributed by atoms with Crippen LogP contribution in [0.4, 0.5) is 8.78 Å². The second kappa shape index (κ2) is 5.89. The zero-order valence-corrected chi connectivity index (χ0v) is 13.7. The van der Waals surface area contributed by atoms with E-state index in [4.69, 9.17) is 0 Å². The summed E-state index contributed by atoms with van der Waals surface area (Å²) in [5.41, 5.74) is 0.212. The number of alkyl halides is 2. The molecule has 1 saturated heterocycles. The fourth-order valence-corrected chi connectivity index (χ4v) is 4.51. The van der Waals surface area contributed by atoms with E-state index in [2.05, 4.69) is 0 Å². The van der Waals surface area contributed by atoms with Crippen molar-refractivity contribution in [1.82, 2.24) is 9.21 Å². The van der Waals surface area contributed by atoms with Crippen molar-refractivity contribution in [2.75, 3.05) is 20.1 Å². The van der Waals surface area contributed by atoms with Crippen molar-refractivity contribution in [2.24, 2.45) is 5.92 Å². The number of carbonyl (C=O) groups excluding carboxylic acids is 2. The van der Waals surface area contributed by atoms with Crippen LogP contribution in [0.3, 0.4) is 0 Å². The van der Waals surface area contributed by atoms with Gasteiger partial charge in [-0.15, -0.1) is 0 Å². The van der Waals surface area contributed by atoms with E-state index in [1.165, 1.54) is 25.2 Å². The van der Waals surface area contributed by atoms with Gasteiger partial charge in [-0.25, -0.2) is 17.2 Å². The Morgan fingerprint density at radius 1 is 1.08 bits per heavy atom. The molecule has 2 aliphatic heterocycles. The van der Waals surface area contributed by atoms with Gasteiger partial charge in [-0.1, -0.05) is 0 Å². The fourth-order valence-electron chi connectivity index (χ4n) is 3.02. The molecule has 9 heteroatoms. The summed E-state index contributed by atoms with van der Waals surface area (Å²) >= 11 is 0. The maximum atomic E-state index is 12.7. The summed E-state index contributed by atoms with van der Waals surface area (Å²) in [6.07, 6.45) is -2.25. The largest absolute Gasteiger partial charge is 0.277 e. The first-order valence-electron chi connectivity index (χ1n) is 7.48. The number of benzene rings is 1. The third kappa shape index (κ3) is 2.61. The van der Waals surface area contributed by atoms with Gasteiger partial charge in [-0.3, -0.25) is 14.5 Å². The van der Waals surface area contributed by atoms with Crippen molar-refractivity contribution >= 4 is 21.8 Å². The van der Waals surface area contributed by atoms with Crippen molar-refractivity contribution in [3.63, 3.8) is 0 Å². The van der Waals surface area contributed by atoms with Crippen LogP contribution in [0.5, 0.6) is 0 Å². The summed E-state index contributed by atoms with van der Waals surface area (Å²) in [6, 6.07) is 3.78. The number of nitrogens with zero attached hydrogens (tertiary/aromatic N) is 2. The Kier molecular flexibility index (Phi) is 4.16. The van der Waals surface area contributed by atoms with Gasteiger partial charge in [-0.05, 0) is 31.0 Å². The van der Waals surface area contributed by atoms with E-state index < -0.39 is 34.2 Å². The Labute approximate surface area is 138 Å². The maximum absolute atomic E-state index is 12.7. The molecule has 2 amide bonds. The highest BCUT2D eigenvalue weighted by atomic mass is 32.2. The molecule has 6 nitrogen and oxygen atoms in total. The molecule has 0 bridgehead atoms. The van der Waals surface area contributed by atoms with Crippen LogP contribution < -0.4 is 0 Å². The van der Waals surface area contributed by atoms with E-state index in [0.29, 0.717) is 0 Å². The third-order valence-corrected chi connectivity index (χ3v) is 6.45. The van der Waals surface area contributed by atoms with Crippen molar-refractivity contribution in [3.8, 4) is 0 Å². The summed E-state index contributed by atoms with van der Waals surface area (Å²) in [4.78, 5) is 24.7. The average molecular weight is 358 g/mol. The van der Waals surface area contributed by atoms with Gasteiger partial charge in [0.25, 0.3) is 11.8 Å². The minimum Gasteiger partial charge on any atom is -0.277 e. The van der Waals surface area contributed by atoms with E-state index >= 15 is 0 Å². The molecule has 24 heavy (non-hydrogen) atoms. The molecule has 0 N–H and O–H groups in total. The second-order valence-corrected chi connectivity index (χ2v) is 7.89. The first kappa shape index (κ1) is 17.0. The molecule has 0 aliphatic carbocycles. The number of rotatable bonds is 3. The SMILES string of the molecule is CN1C(=O)c2ccc(S(=O)(=O)N3CCC(C(F)F)CC3)cc2C1=O. The topological polar surface area (TPSA) is 74.8 Å². The lowest BCUT2D eigenvalue weighted by atomic mass is 9.99. The molecule has 130 valence electrons. The van der Waals surface area contributed by atoms with Crippen LogP contribution in [-0.2, 0) is 10.0 Å². The van der Waals surface area contributed by atoms with E-state index in [9.17, 15) is 26.8 Å². The van der Waals surface area contributed by atoms with Crippen LogP contribution in [0, 0.1) is 5.92 Å². The smallest absolute Gasteiger partial charge is 0.261 e. The highest BCUT2D eigenvalue weighted by Crippen LogP contribution is 2.30. The lowest BCUT2D eigenvalue weighted by Gasteiger charge is -2.30. The molecule has 0 radical (unpaired) electrons. The van der Waals surface area contributed by atoms with Crippen LogP contribution in [0.1, 0.15) is 33.6 Å². The van der Waals surface area contributed by atoms with Gasteiger partial charge in [0.2, 0.25) is 16.4 Å². The van der Waals surface area contributed by atoms with Gasteiger partial charge in [0.15, 0.2) is 0 Å². The lowest BCUT2D eigenvalue weighted by Crippen LogP contribution is -2.40. The van der Waals surface area contributed by atoms with Crippen molar-refractivity contribution < 1.29 is 26.8 Å². The lowest BCUT2D eigenvalue weighted by molar-refractivity contribution is 0.0490. The number of carbonyl (C=O) groups is 2. The summed E-state index contributed by atoms with van der Waals surface area (Å²) in [5.74, 6) is -1.82. The quantitative estimate of drug-likeness (QED) is 0.769. The molecule has 1 fully saturated rings. The van der Waals surface area contributed by atoms with Crippen LogP contribution in [0.15, 0.2) is 23.1 Å². The zero-order chi connectivity index (χ0) is 17.6. The van der Waals surface area contributed by atoms with Gasteiger partial charge in [0.05, 0.1) is 16.0 Å². The van der Waals surface area contributed by atoms with E-state index in [1.54, 1.807) is 0 Å². The van der Waals surface area contributed by atoms with E-state index in [-0.39, 0.29) is 42.0 Å². The molecule has 1 aromatic carbocycles. The molecule has 3 rings (SSSR count). The third-order valence-electron chi connectivity index (χ3n) is 4.55. The standard InChI is InChI=1S/C15H16F2N2O4S/c1-18-14(20)11-3-2-10(8-12(11)15(18)21)24(22,23)19-6-4-9(5-7-19)13(16)17/h2-3,8-9,13H,4-7H2,1H3. The molecule has 0 atom stereocenters. The number of piperidine rings is 1. The predicted molar refractivity (Wildman–Crippen MR) is 80.4 cm³/mol. The second-order valence-electron chi connectivity index (χ2n) is 5.95. The highest BCUT2D eigenvalue weighted by Gasteiger charge is 2.36. The minimum absolute atomic E-state index is 0.0151. The number of halogens is 2. The number of amides is 2. The van der Waals surface area contributed by atoms with Crippen molar-refractivity contribution in [2.45, 2.75) is 24.2 Å². The molecular formula is C15H16F2N2O4S. The van der Waals surface area contributed by atoms with Gasteiger partial charge >= 0.3 is 0 Å². The zero-order valence-electron chi connectivity index (χ0n) is 12.9. The first-order valence-corrected chi connectivity index (χ1v) is 8.92. The molecular weight excluding hydrogens is 342 g/mol. The van der Waals surface area contributed by atoms with Crippen LogP contribution in [0.2, 0.25) is 0 Å². The highest BCUT2D eigenvalue weighted by molar-refractivity contribution is 7.89. The summed E-state index contributed by atoms with van der Waals surface area (Å²) in [6.45, 7) is 0.0302. The minimum atomic E-state index is -3.88. The first-order chi connectivity index (χ1) is 11.2. The van der Waals surface area contributed by atoms with Crippen LogP contribution >= 0.6 is 0 Å². The molecule has 1 aromatic rings. The Bertz CT molecular complexity index is 802. The summed E-state index contributed by atoms with van der Waals surface area (Å²) < 4.78 is 51.9. The maximum Gasteiger partial charge on any atom is 0.261 e. The molecule has 0 spiro atoms. The molecule has 0 saturated carbocycles. The number of hydrogen-bond donors (Lipinski definition) is 0. The molecule has 2 aliphatic rings. The van der Waals surface area contributed by atoms with Gasteiger partial charge in [0.1, 0.15) is 0 Å². The number of sulfonamides is 1. The van der Waals surface area contributed by atoms with E-state index in [0.717, 1.165) is 9.21 Å². The predicted octanol–water partition coefficient (Wildman–Crippen LogP) is 1.58. The van der Waals surface area contributed by atoms with Crippen LogP contribution in [0.25, 0.3) is 0 Å². The summed E-state index contributed by atoms with van der Waals surface area (Å²) in [5, 5.41) is 0. The van der Waals surface area contributed by atoms with Gasteiger partial charge in [-0.2, -0.15) is 4.31 Å². The van der Waals surface area contributed by atoms with Gasteiger partial charge < -0.3 is 0 Å². The van der Waals surface area contributed by atoms with Crippen molar-refractivity contribution in [3.05, 3.63) is 29.3 Å². The van der Waals surface area contributed by atoms with Crippen LogP contribution in [-0.4, -0.2) is 56.0 Å². The Morgan fingerprint density at radius 3 is 2.25 bits per heavy atom. The number of imide groups is 1. The van der Waals surface area contributed by atoms with Crippen molar-refractivity contribution in [1.29, 1.82) is 0 Å². The Hall–Kier alpha value is -1.87. The molecule has 2 heterocycles.